The second-order valence-electron chi connectivity index (χ2n) is 10.4. The molecule has 198 valence electrons. The molecule has 5 rings (SSSR count). The van der Waals surface area contributed by atoms with E-state index in [4.69, 9.17) is 4.74 Å². The first-order valence-electron chi connectivity index (χ1n) is 13.2. The van der Waals surface area contributed by atoms with Crippen LogP contribution in [0.3, 0.4) is 0 Å². The predicted molar refractivity (Wildman–Crippen MR) is 142 cm³/mol. The topological polar surface area (TPSA) is 67.3 Å². The molecule has 1 N–H and O–H groups in total. The Labute approximate surface area is 220 Å². The first-order valence-corrected chi connectivity index (χ1v) is 14.0. The normalized spacial score (nSPS) is 20.8. The largest absolute Gasteiger partial charge is 0.464 e. The van der Waals surface area contributed by atoms with Crippen molar-refractivity contribution in [1.29, 1.82) is 0 Å². The van der Waals surface area contributed by atoms with Crippen LogP contribution in [0, 0.1) is 5.92 Å². The maximum Gasteiger partial charge on any atom is 0.278 e. The van der Waals surface area contributed by atoms with Crippen molar-refractivity contribution >= 4 is 28.1 Å². The third-order valence-corrected chi connectivity index (χ3v) is 8.52. The number of fused-ring (bicyclic) bond motifs is 2. The van der Waals surface area contributed by atoms with Crippen LogP contribution in [0.1, 0.15) is 60.0 Å². The molecule has 0 unspecified atom stereocenters. The second kappa shape index (κ2) is 11.4. The number of thiazole rings is 1. The minimum atomic E-state index is -2.85. The van der Waals surface area contributed by atoms with Crippen LogP contribution in [-0.2, 0) is 12.8 Å². The van der Waals surface area contributed by atoms with Crippen LogP contribution in [-0.4, -0.2) is 59.0 Å². The number of pyridine rings is 1. The SMILES string of the molecule is CC(F)(F)COc1nc2c(s1)CCN(CCC1CCC(NC(=O)c3cccc4ncccc34)CC1)CC2. The predicted octanol–water partition coefficient (Wildman–Crippen LogP) is 5.50. The van der Waals surface area contributed by atoms with Crippen LogP contribution in [0.4, 0.5) is 8.78 Å². The Bertz CT molecular complexity index is 1190. The van der Waals surface area contributed by atoms with Gasteiger partial charge in [-0.05, 0) is 69.2 Å². The van der Waals surface area contributed by atoms with Crippen molar-refractivity contribution in [3.05, 3.63) is 52.7 Å². The monoisotopic (exact) mass is 528 g/mol. The molecule has 3 aromatic rings. The molecule has 1 aliphatic carbocycles. The lowest BCUT2D eigenvalue weighted by Crippen LogP contribution is -2.38. The van der Waals surface area contributed by atoms with Crippen molar-refractivity contribution in [3.8, 4) is 5.19 Å². The van der Waals surface area contributed by atoms with Crippen LogP contribution in [0.2, 0.25) is 0 Å². The number of halogens is 2. The molecule has 6 nitrogen and oxygen atoms in total. The fourth-order valence-electron chi connectivity index (χ4n) is 5.38. The molecule has 3 heterocycles. The van der Waals surface area contributed by atoms with Gasteiger partial charge >= 0.3 is 0 Å². The zero-order valence-electron chi connectivity index (χ0n) is 21.2. The lowest BCUT2D eigenvalue weighted by molar-refractivity contribution is -0.0230. The number of ether oxygens (including phenoxy) is 1. The van der Waals surface area contributed by atoms with E-state index in [0.29, 0.717) is 16.7 Å². The van der Waals surface area contributed by atoms with Gasteiger partial charge in [-0.2, -0.15) is 0 Å². The molecule has 2 aromatic heterocycles. The standard InChI is InChI=1S/C28H34F2N4O2S/c1-28(29,30)18-36-27-33-24-12-16-34(17-13-25(24)37-27)15-11-19-7-9-20(10-8-19)32-26(35)22-4-2-6-23-21(22)5-3-14-31-23/h2-6,14,19-20H,7-13,15-18H2,1H3,(H,32,35). The number of carbonyl (C=O) groups excluding carboxylic acids is 1. The number of nitrogens with one attached hydrogen (secondary N) is 1. The summed E-state index contributed by atoms with van der Waals surface area (Å²) in [5.74, 6) is -2.18. The fourth-order valence-corrected chi connectivity index (χ4v) is 6.33. The highest BCUT2D eigenvalue weighted by Gasteiger charge is 2.26. The van der Waals surface area contributed by atoms with Crippen molar-refractivity contribution in [2.75, 3.05) is 26.2 Å². The summed E-state index contributed by atoms with van der Waals surface area (Å²) in [7, 11) is 0. The van der Waals surface area contributed by atoms with E-state index < -0.39 is 12.5 Å². The lowest BCUT2D eigenvalue weighted by atomic mass is 9.84. The molecule has 1 aliphatic heterocycles. The minimum absolute atomic E-state index is 0.00958. The zero-order valence-corrected chi connectivity index (χ0v) is 22.0. The molecule has 9 heteroatoms. The highest BCUT2D eigenvalue weighted by Crippen LogP contribution is 2.31. The molecule has 37 heavy (non-hydrogen) atoms. The molecule has 0 saturated heterocycles. The number of hydrogen-bond donors (Lipinski definition) is 1. The van der Waals surface area contributed by atoms with Gasteiger partial charge in [0.2, 0.25) is 0 Å². The number of benzene rings is 1. The molecule has 1 saturated carbocycles. The van der Waals surface area contributed by atoms with Crippen LogP contribution >= 0.6 is 11.3 Å². The van der Waals surface area contributed by atoms with Crippen LogP contribution in [0.5, 0.6) is 5.19 Å². The molecule has 0 radical (unpaired) electrons. The van der Waals surface area contributed by atoms with E-state index in [-0.39, 0.29) is 11.9 Å². The van der Waals surface area contributed by atoms with E-state index in [1.165, 1.54) is 11.3 Å². The molecule has 1 aromatic carbocycles. The fraction of sp³-hybridized carbons (Fsp3) is 0.536. The highest BCUT2D eigenvalue weighted by atomic mass is 32.1. The van der Waals surface area contributed by atoms with Gasteiger partial charge in [-0.3, -0.25) is 9.78 Å². The van der Waals surface area contributed by atoms with Gasteiger partial charge < -0.3 is 15.0 Å². The number of nitrogens with zero attached hydrogens (tertiary/aromatic N) is 3. The average molecular weight is 529 g/mol. The van der Waals surface area contributed by atoms with Crippen molar-refractivity contribution in [2.24, 2.45) is 5.92 Å². The molecule has 1 amide bonds. The van der Waals surface area contributed by atoms with Gasteiger partial charge in [0.15, 0.2) is 6.61 Å². The number of alkyl halides is 2. The Kier molecular flexibility index (Phi) is 8.00. The molecule has 0 spiro atoms. The smallest absolute Gasteiger partial charge is 0.278 e. The van der Waals surface area contributed by atoms with Gasteiger partial charge in [-0.15, -0.1) is 0 Å². The molecule has 0 atom stereocenters. The number of hydrogen-bond acceptors (Lipinski definition) is 6. The summed E-state index contributed by atoms with van der Waals surface area (Å²) in [4.78, 5) is 25.4. The quantitative estimate of drug-likeness (QED) is 0.418. The molecule has 0 bridgehead atoms. The van der Waals surface area contributed by atoms with Crippen molar-refractivity contribution < 1.29 is 18.3 Å². The molecule has 1 fully saturated rings. The number of rotatable bonds is 8. The summed E-state index contributed by atoms with van der Waals surface area (Å²) < 4.78 is 31.3. The third-order valence-electron chi connectivity index (χ3n) is 7.45. The van der Waals surface area contributed by atoms with E-state index in [0.717, 1.165) is 93.0 Å². The van der Waals surface area contributed by atoms with Gasteiger partial charge in [0.05, 0.1) is 11.2 Å². The van der Waals surface area contributed by atoms with Gasteiger partial charge in [0, 0.05) is 54.5 Å². The first kappa shape index (κ1) is 26.0. The number of amides is 1. The summed E-state index contributed by atoms with van der Waals surface area (Å²) in [6.07, 6.45) is 8.93. The van der Waals surface area contributed by atoms with Gasteiger partial charge in [0.1, 0.15) is 0 Å². The number of aromatic nitrogens is 2. The van der Waals surface area contributed by atoms with Crippen molar-refractivity contribution in [2.45, 2.75) is 63.8 Å². The summed E-state index contributed by atoms with van der Waals surface area (Å²) >= 11 is 1.41. The van der Waals surface area contributed by atoms with E-state index >= 15 is 0 Å². The maximum absolute atomic E-state index is 13.1. The van der Waals surface area contributed by atoms with E-state index in [2.05, 4.69) is 20.2 Å². The third kappa shape index (κ3) is 6.82. The Morgan fingerprint density at radius 3 is 2.78 bits per heavy atom. The molecule has 2 aliphatic rings. The highest BCUT2D eigenvalue weighted by molar-refractivity contribution is 7.13. The van der Waals surface area contributed by atoms with Crippen LogP contribution in [0.15, 0.2) is 36.5 Å². The summed E-state index contributed by atoms with van der Waals surface area (Å²) in [5.41, 5.74) is 2.53. The second-order valence-corrected chi connectivity index (χ2v) is 11.5. The summed E-state index contributed by atoms with van der Waals surface area (Å²) in [6.45, 7) is 3.19. The van der Waals surface area contributed by atoms with E-state index in [1.54, 1.807) is 6.20 Å². The van der Waals surface area contributed by atoms with Crippen LogP contribution < -0.4 is 10.1 Å². The molecular formula is C28H34F2N4O2S. The maximum atomic E-state index is 13.1. The van der Waals surface area contributed by atoms with Crippen molar-refractivity contribution in [1.82, 2.24) is 20.2 Å². The first-order chi connectivity index (χ1) is 17.8. The Balaban J connectivity index is 1.04. The van der Waals surface area contributed by atoms with E-state index in [9.17, 15) is 13.6 Å². The average Bonchev–Trinajstić information content (AvgIpc) is 3.19. The van der Waals surface area contributed by atoms with Gasteiger partial charge in [-0.25, -0.2) is 13.8 Å². The zero-order chi connectivity index (χ0) is 25.8. The van der Waals surface area contributed by atoms with Gasteiger partial charge in [-0.1, -0.05) is 23.5 Å². The van der Waals surface area contributed by atoms with Gasteiger partial charge in [0.25, 0.3) is 17.0 Å². The lowest BCUT2D eigenvalue weighted by Gasteiger charge is -2.31. The van der Waals surface area contributed by atoms with E-state index in [1.807, 2.05) is 30.3 Å². The number of carbonyl (C=O) groups is 1. The Hall–Kier alpha value is -2.65. The van der Waals surface area contributed by atoms with Crippen LogP contribution in [0.25, 0.3) is 10.9 Å². The summed E-state index contributed by atoms with van der Waals surface area (Å²) in [6, 6.07) is 9.73. The minimum Gasteiger partial charge on any atom is -0.464 e. The Morgan fingerprint density at radius 2 is 1.97 bits per heavy atom. The Morgan fingerprint density at radius 1 is 1.16 bits per heavy atom. The molecular weight excluding hydrogens is 494 g/mol. The summed E-state index contributed by atoms with van der Waals surface area (Å²) in [5, 5.41) is 4.51. The van der Waals surface area contributed by atoms with Crippen molar-refractivity contribution in [3.63, 3.8) is 0 Å².